The van der Waals surface area contributed by atoms with E-state index >= 15 is 0 Å². The van der Waals surface area contributed by atoms with E-state index in [1.54, 1.807) is 6.07 Å². The van der Waals surface area contributed by atoms with Crippen molar-refractivity contribution in [2.75, 3.05) is 11.9 Å². The number of fused-ring (bicyclic) bond motifs is 3. The van der Waals surface area contributed by atoms with Crippen LogP contribution in [0.25, 0.3) is 10.8 Å². The zero-order chi connectivity index (χ0) is 13.5. The normalized spacial score (nSPS) is 27.3. The molecular weight excluding hydrogens is 246 g/mol. The van der Waals surface area contributed by atoms with Gasteiger partial charge in [0.05, 0.1) is 0 Å². The van der Waals surface area contributed by atoms with Crippen LogP contribution in [0.1, 0.15) is 12.8 Å². The van der Waals surface area contributed by atoms with E-state index in [0.29, 0.717) is 5.75 Å². The molecule has 1 fully saturated rings. The van der Waals surface area contributed by atoms with Gasteiger partial charge in [0.1, 0.15) is 5.75 Å². The third-order valence-electron chi connectivity index (χ3n) is 4.87. The van der Waals surface area contributed by atoms with E-state index in [-0.39, 0.29) is 0 Å². The number of anilines is 1. The van der Waals surface area contributed by atoms with E-state index in [0.717, 1.165) is 40.8 Å². The topological polar surface area (TPSA) is 32.3 Å². The average Bonchev–Trinajstić information content (AvgIpc) is 3.08. The summed E-state index contributed by atoms with van der Waals surface area (Å²) in [5, 5.41) is 15.5. The molecule has 1 saturated carbocycles. The standard InChI is InChI=1S/C18H19NO/c20-18-6-2-3-15-16(18)4-1-5-17(15)19-11-14-10-12-7-8-13(14)9-12/h1-8,12-14,19-20H,9-11H2. The van der Waals surface area contributed by atoms with Crippen LogP contribution in [0, 0.1) is 17.8 Å². The first kappa shape index (κ1) is 11.8. The summed E-state index contributed by atoms with van der Waals surface area (Å²) in [5.74, 6) is 2.71. The van der Waals surface area contributed by atoms with Gasteiger partial charge in [-0.25, -0.2) is 0 Å². The Kier molecular flexibility index (Phi) is 2.69. The quantitative estimate of drug-likeness (QED) is 0.816. The number of hydrogen-bond acceptors (Lipinski definition) is 2. The number of benzene rings is 2. The van der Waals surface area contributed by atoms with E-state index in [9.17, 15) is 5.11 Å². The lowest BCUT2D eigenvalue weighted by Gasteiger charge is -2.20. The number of nitrogens with one attached hydrogen (secondary N) is 1. The second-order valence-electron chi connectivity index (χ2n) is 6.10. The maximum Gasteiger partial charge on any atom is 0.123 e. The number of hydrogen-bond donors (Lipinski definition) is 2. The maximum atomic E-state index is 9.92. The van der Waals surface area contributed by atoms with Crippen molar-refractivity contribution < 1.29 is 5.11 Å². The van der Waals surface area contributed by atoms with Crippen molar-refractivity contribution in [3.63, 3.8) is 0 Å². The molecule has 0 heterocycles. The molecular formula is C18H19NO. The molecule has 2 heteroatoms. The SMILES string of the molecule is Oc1cccc2c(NCC3CC4C=CC3C4)cccc12. The number of allylic oxidation sites excluding steroid dienone is 2. The maximum absolute atomic E-state index is 9.92. The summed E-state index contributed by atoms with van der Waals surface area (Å²) in [4.78, 5) is 0. The largest absolute Gasteiger partial charge is 0.507 e. The molecule has 0 radical (unpaired) electrons. The molecule has 20 heavy (non-hydrogen) atoms. The van der Waals surface area contributed by atoms with Crippen LogP contribution in [0.2, 0.25) is 0 Å². The van der Waals surface area contributed by atoms with Crippen molar-refractivity contribution in [3.05, 3.63) is 48.6 Å². The van der Waals surface area contributed by atoms with Gasteiger partial charge in [-0.1, -0.05) is 36.4 Å². The molecule has 0 saturated heterocycles. The monoisotopic (exact) mass is 265 g/mol. The van der Waals surface area contributed by atoms with Crippen molar-refractivity contribution in [2.45, 2.75) is 12.8 Å². The minimum absolute atomic E-state index is 0.356. The van der Waals surface area contributed by atoms with Crippen molar-refractivity contribution in [2.24, 2.45) is 17.8 Å². The van der Waals surface area contributed by atoms with Crippen LogP contribution in [0.15, 0.2) is 48.6 Å². The molecule has 102 valence electrons. The molecule has 0 spiro atoms. The Morgan fingerprint density at radius 2 is 1.85 bits per heavy atom. The summed E-state index contributed by atoms with van der Waals surface area (Å²) in [6, 6.07) is 11.8. The smallest absolute Gasteiger partial charge is 0.123 e. The fourth-order valence-corrected chi connectivity index (χ4v) is 3.82. The predicted octanol–water partition coefficient (Wildman–Crippen LogP) is 4.17. The van der Waals surface area contributed by atoms with Crippen molar-refractivity contribution in [1.29, 1.82) is 0 Å². The Labute approximate surface area is 119 Å². The van der Waals surface area contributed by atoms with Crippen molar-refractivity contribution in [1.82, 2.24) is 0 Å². The Bertz CT molecular complexity index is 676. The molecule has 0 aromatic heterocycles. The lowest BCUT2D eigenvalue weighted by atomic mass is 9.93. The Morgan fingerprint density at radius 1 is 1.00 bits per heavy atom. The van der Waals surface area contributed by atoms with Crippen LogP contribution in [0.5, 0.6) is 5.75 Å². The van der Waals surface area contributed by atoms with E-state index < -0.39 is 0 Å². The second kappa shape index (κ2) is 4.55. The highest BCUT2D eigenvalue weighted by molar-refractivity contribution is 5.97. The fourth-order valence-electron chi connectivity index (χ4n) is 3.82. The molecule has 2 bridgehead atoms. The van der Waals surface area contributed by atoms with E-state index in [1.165, 1.54) is 12.8 Å². The highest BCUT2D eigenvalue weighted by Crippen LogP contribution is 2.43. The first-order valence-electron chi connectivity index (χ1n) is 7.44. The molecule has 2 aliphatic carbocycles. The molecule has 2 aromatic carbocycles. The summed E-state index contributed by atoms with van der Waals surface area (Å²) in [6.45, 7) is 1.03. The fraction of sp³-hybridized carbons (Fsp3) is 0.333. The molecule has 3 unspecified atom stereocenters. The molecule has 2 N–H and O–H groups in total. The highest BCUT2D eigenvalue weighted by atomic mass is 16.3. The van der Waals surface area contributed by atoms with Crippen LogP contribution in [-0.4, -0.2) is 11.7 Å². The molecule has 0 aliphatic heterocycles. The number of aromatic hydroxyl groups is 1. The number of rotatable bonds is 3. The van der Waals surface area contributed by atoms with E-state index in [2.05, 4.69) is 29.6 Å². The zero-order valence-electron chi connectivity index (χ0n) is 11.4. The highest BCUT2D eigenvalue weighted by Gasteiger charge is 2.35. The molecule has 0 amide bonds. The average molecular weight is 265 g/mol. The molecule has 4 rings (SSSR count). The van der Waals surface area contributed by atoms with E-state index in [4.69, 9.17) is 0 Å². The first-order valence-corrected chi connectivity index (χ1v) is 7.44. The summed E-state index contributed by atoms with van der Waals surface area (Å²) in [6.07, 6.45) is 7.46. The lowest BCUT2D eigenvalue weighted by molar-refractivity contribution is 0.472. The summed E-state index contributed by atoms with van der Waals surface area (Å²) < 4.78 is 0. The van der Waals surface area contributed by atoms with Gasteiger partial charge in [0.15, 0.2) is 0 Å². The van der Waals surface area contributed by atoms with Crippen molar-refractivity contribution >= 4 is 16.5 Å². The van der Waals surface area contributed by atoms with Gasteiger partial charge in [-0.15, -0.1) is 0 Å². The minimum atomic E-state index is 0.356. The van der Waals surface area contributed by atoms with Crippen LogP contribution in [0.4, 0.5) is 5.69 Å². The summed E-state index contributed by atoms with van der Waals surface area (Å²) in [7, 11) is 0. The van der Waals surface area contributed by atoms with Gasteiger partial charge in [0.2, 0.25) is 0 Å². The summed E-state index contributed by atoms with van der Waals surface area (Å²) >= 11 is 0. The lowest BCUT2D eigenvalue weighted by Crippen LogP contribution is -2.18. The Balaban J connectivity index is 1.57. The van der Waals surface area contributed by atoms with Gasteiger partial charge in [0, 0.05) is 23.0 Å². The third-order valence-corrected chi connectivity index (χ3v) is 4.87. The Hall–Kier alpha value is -1.96. The predicted molar refractivity (Wildman–Crippen MR) is 82.9 cm³/mol. The number of phenols is 1. The molecule has 2 aliphatic rings. The van der Waals surface area contributed by atoms with Crippen molar-refractivity contribution in [3.8, 4) is 5.75 Å². The van der Waals surface area contributed by atoms with E-state index in [1.807, 2.05) is 18.2 Å². The van der Waals surface area contributed by atoms with Gasteiger partial charge in [0.25, 0.3) is 0 Å². The summed E-state index contributed by atoms with van der Waals surface area (Å²) in [5.41, 5.74) is 1.13. The first-order chi connectivity index (χ1) is 9.81. The molecule has 2 nitrogen and oxygen atoms in total. The van der Waals surface area contributed by atoms with Gasteiger partial charge < -0.3 is 10.4 Å². The van der Waals surface area contributed by atoms with Gasteiger partial charge in [-0.3, -0.25) is 0 Å². The van der Waals surface area contributed by atoms with Gasteiger partial charge in [-0.2, -0.15) is 0 Å². The van der Waals surface area contributed by atoms with Crippen LogP contribution in [0.3, 0.4) is 0 Å². The van der Waals surface area contributed by atoms with Gasteiger partial charge >= 0.3 is 0 Å². The third kappa shape index (κ3) is 1.87. The van der Waals surface area contributed by atoms with Crippen LogP contribution < -0.4 is 5.32 Å². The van der Waals surface area contributed by atoms with Gasteiger partial charge in [-0.05, 0) is 42.7 Å². The zero-order valence-corrected chi connectivity index (χ0v) is 11.4. The van der Waals surface area contributed by atoms with Crippen LogP contribution in [-0.2, 0) is 0 Å². The molecule has 2 aromatic rings. The Morgan fingerprint density at radius 3 is 2.65 bits per heavy atom. The second-order valence-corrected chi connectivity index (χ2v) is 6.10. The van der Waals surface area contributed by atoms with Crippen LogP contribution >= 0.6 is 0 Å². The minimum Gasteiger partial charge on any atom is -0.507 e. The number of phenolic OH excluding ortho intramolecular Hbond substituents is 1. The molecule has 3 atom stereocenters.